The maximum Gasteiger partial charge on any atom is 0.410 e. The average molecular weight is 251 g/mol. The van der Waals surface area contributed by atoms with Gasteiger partial charge in [-0.25, -0.2) is 9.78 Å². The van der Waals surface area contributed by atoms with Crippen molar-refractivity contribution in [3.05, 3.63) is 17.7 Å². The summed E-state index contributed by atoms with van der Waals surface area (Å²) in [5.74, 6) is 0. The molecule has 0 unspecified atom stereocenters. The van der Waals surface area contributed by atoms with Gasteiger partial charge in [-0.05, 0) is 20.8 Å². The van der Waals surface area contributed by atoms with E-state index in [0.29, 0.717) is 31.6 Å². The molecule has 98 valence electrons. The zero-order valence-electron chi connectivity index (χ0n) is 10.8. The first-order chi connectivity index (χ1) is 8.40. The van der Waals surface area contributed by atoms with Crippen LogP contribution in [0.4, 0.5) is 4.79 Å². The zero-order valence-corrected chi connectivity index (χ0v) is 10.8. The summed E-state index contributed by atoms with van der Waals surface area (Å²) in [6.07, 6.45) is 1.99. The summed E-state index contributed by atoms with van der Waals surface area (Å²) in [5, 5.41) is 0. The second-order valence-corrected chi connectivity index (χ2v) is 5.29. The number of ether oxygens (including phenoxy) is 1. The van der Waals surface area contributed by atoms with E-state index in [0.717, 1.165) is 5.69 Å². The number of carbonyl (C=O) groups excluding carboxylic acids is 2. The molecular weight excluding hydrogens is 234 g/mol. The van der Waals surface area contributed by atoms with E-state index in [1.54, 1.807) is 11.2 Å². The third-order valence-corrected chi connectivity index (χ3v) is 2.69. The molecule has 0 saturated heterocycles. The summed E-state index contributed by atoms with van der Waals surface area (Å²) < 4.78 is 7.20. The number of hydrogen-bond acceptors (Lipinski definition) is 4. The molecule has 0 radical (unpaired) electrons. The fourth-order valence-corrected chi connectivity index (χ4v) is 1.86. The number of fused-ring (bicyclic) bond motifs is 1. The minimum atomic E-state index is -0.512. The summed E-state index contributed by atoms with van der Waals surface area (Å²) in [6.45, 7) is 7.05. The first kappa shape index (κ1) is 12.6. The number of rotatable bonds is 1. The molecule has 0 bridgehead atoms. The molecule has 0 saturated carbocycles. The Kier molecular flexibility index (Phi) is 3.11. The number of hydrogen-bond donors (Lipinski definition) is 0. The maximum absolute atomic E-state index is 11.9. The van der Waals surface area contributed by atoms with Crippen LogP contribution in [-0.4, -0.2) is 39.0 Å². The predicted molar refractivity (Wildman–Crippen MR) is 64.3 cm³/mol. The monoisotopic (exact) mass is 251 g/mol. The van der Waals surface area contributed by atoms with Gasteiger partial charge in [-0.3, -0.25) is 4.79 Å². The first-order valence-electron chi connectivity index (χ1n) is 5.88. The normalized spacial score (nSPS) is 15.2. The van der Waals surface area contributed by atoms with Gasteiger partial charge in [0.25, 0.3) is 0 Å². The van der Waals surface area contributed by atoms with E-state index >= 15 is 0 Å². The largest absolute Gasteiger partial charge is 0.444 e. The second-order valence-electron chi connectivity index (χ2n) is 5.29. The fraction of sp³-hybridized carbons (Fsp3) is 0.583. The van der Waals surface area contributed by atoms with Gasteiger partial charge in [0, 0.05) is 13.1 Å². The summed E-state index contributed by atoms with van der Waals surface area (Å²) in [5.41, 5.74) is 0.646. The number of carbonyl (C=O) groups is 2. The van der Waals surface area contributed by atoms with Gasteiger partial charge >= 0.3 is 6.09 Å². The SMILES string of the molecule is CC(C)(C)OC(=O)N1CCn2cnc(C=O)c2C1. The zero-order chi connectivity index (χ0) is 13.3. The van der Waals surface area contributed by atoms with Crippen molar-refractivity contribution in [2.45, 2.75) is 39.5 Å². The van der Waals surface area contributed by atoms with Gasteiger partial charge in [-0.2, -0.15) is 0 Å². The number of aldehydes is 1. The van der Waals surface area contributed by atoms with Crippen LogP contribution >= 0.6 is 0 Å². The maximum atomic E-state index is 11.9. The van der Waals surface area contributed by atoms with E-state index in [4.69, 9.17) is 4.74 Å². The predicted octanol–water partition coefficient (Wildman–Crippen LogP) is 1.45. The Morgan fingerprint density at radius 1 is 1.44 bits per heavy atom. The topological polar surface area (TPSA) is 64.4 Å². The third kappa shape index (κ3) is 2.52. The minimum absolute atomic E-state index is 0.355. The van der Waals surface area contributed by atoms with Gasteiger partial charge in [0.15, 0.2) is 6.29 Å². The molecule has 6 heteroatoms. The number of aromatic nitrogens is 2. The van der Waals surface area contributed by atoms with Crippen molar-refractivity contribution in [1.29, 1.82) is 0 Å². The van der Waals surface area contributed by atoms with Crippen LogP contribution in [0.25, 0.3) is 0 Å². The Morgan fingerprint density at radius 2 is 2.17 bits per heavy atom. The molecule has 0 aliphatic carbocycles. The Hall–Kier alpha value is -1.85. The van der Waals surface area contributed by atoms with Crippen molar-refractivity contribution in [2.75, 3.05) is 6.54 Å². The van der Waals surface area contributed by atoms with Gasteiger partial charge in [0.1, 0.15) is 11.3 Å². The lowest BCUT2D eigenvalue weighted by molar-refractivity contribution is 0.0198. The van der Waals surface area contributed by atoms with Crippen molar-refractivity contribution in [3.63, 3.8) is 0 Å². The smallest absolute Gasteiger partial charge is 0.410 e. The molecule has 2 rings (SSSR count). The Labute approximate surface area is 106 Å². The molecule has 1 amide bonds. The lowest BCUT2D eigenvalue weighted by Crippen LogP contribution is -2.41. The fourth-order valence-electron chi connectivity index (χ4n) is 1.86. The number of imidazole rings is 1. The summed E-state index contributed by atoms with van der Waals surface area (Å²) in [4.78, 5) is 28.4. The van der Waals surface area contributed by atoms with E-state index in [2.05, 4.69) is 4.98 Å². The van der Waals surface area contributed by atoms with Crippen LogP contribution in [0.15, 0.2) is 6.33 Å². The van der Waals surface area contributed by atoms with Crippen LogP contribution in [0.5, 0.6) is 0 Å². The van der Waals surface area contributed by atoms with Crippen LogP contribution in [0.2, 0.25) is 0 Å². The van der Waals surface area contributed by atoms with E-state index in [1.165, 1.54) is 0 Å². The second kappa shape index (κ2) is 4.44. The van der Waals surface area contributed by atoms with Crippen molar-refractivity contribution in [1.82, 2.24) is 14.5 Å². The molecule has 1 aliphatic rings. The van der Waals surface area contributed by atoms with Crippen LogP contribution in [0.3, 0.4) is 0 Å². The van der Waals surface area contributed by atoms with E-state index in [1.807, 2.05) is 25.3 Å². The van der Waals surface area contributed by atoms with Crippen molar-refractivity contribution < 1.29 is 14.3 Å². The highest BCUT2D eigenvalue weighted by atomic mass is 16.6. The molecule has 0 spiro atoms. The van der Waals surface area contributed by atoms with Crippen LogP contribution in [0, 0.1) is 0 Å². The molecule has 6 nitrogen and oxygen atoms in total. The van der Waals surface area contributed by atoms with Crippen molar-refractivity contribution in [3.8, 4) is 0 Å². The molecule has 2 heterocycles. The summed E-state index contributed by atoms with van der Waals surface area (Å²) in [6, 6.07) is 0. The van der Waals surface area contributed by atoms with Crippen molar-refractivity contribution in [2.24, 2.45) is 0 Å². The van der Waals surface area contributed by atoms with Crippen molar-refractivity contribution >= 4 is 12.4 Å². The van der Waals surface area contributed by atoms with Gasteiger partial charge in [0.2, 0.25) is 0 Å². The molecular formula is C12H17N3O3. The molecule has 18 heavy (non-hydrogen) atoms. The van der Waals surface area contributed by atoms with E-state index < -0.39 is 5.60 Å². The van der Waals surface area contributed by atoms with E-state index in [9.17, 15) is 9.59 Å². The Morgan fingerprint density at radius 3 is 2.78 bits per heavy atom. The lowest BCUT2D eigenvalue weighted by Gasteiger charge is -2.30. The Balaban J connectivity index is 2.11. The molecule has 0 aromatic carbocycles. The standard InChI is InChI=1S/C12H17N3O3/c1-12(2,3)18-11(17)14-4-5-15-8-13-9(7-16)10(15)6-14/h7-8H,4-6H2,1-3H3. The molecule has 0 fully saturated rings. The third-order valence-electron chi connectivity index (χ3n) is 2.69. The number of nitrogens with zero attached hydrogens (tertiary/aromatic N) is 3. The van der Waals surface area contributed by atoms with Crippen LogP contribution in [-0.2, 0) is 17.8 Å². The summed E-state index contributed by atoms with van der Waals surface area (Å²) >= 11 is 0. The lowest BCUT2D eigenvalue weighted by atomic mass is 10.2. The van der Waals surface area contributed by atoms with Gasteiger partial charge in [0.05, 0.1) is 18.6 Å². The van der Waals surface area contributed by atoms with Gasteiger partial charge < -0.3 is 14.2 Å². The van der Waals surface area contributed by atoms with Gasteiger partial charge in [-0.15, -0.1) is 0 Å². The highest BCUT2D eigenvalue weighted by molar-refractivity contribution is 5.74. The Bertz CT molecular complexity index is 473. The summed E-state index contributed by atoms with van der Waals surface area (Å²) in [7, 11) is 0. The molecule has 0 atom stereocenters. The average Bonchev–Trinajstić information content (AvgIpc) is 2.68. The van der Waals surface area contributed by atoms with E-state index in [-0.39, 0.29) is 6.09 Å². The minimum Gasteiger partial charge on any atom is -0.444 e. The number of amides is 1. The highest BCUT2D eigenvalue weighted by Gasteiger charge is 2.27. The molecule has 1 aliphatic heterocycles. The van der Waals surface area contributed by atoms with Crippen LogP contribution in [0.1, 0.15) is 37.0 Å². The highest BCUT2D eigenvalue weighted by Crippen LogP contribution is 2.18. The molecule has 1 aromatic heterocycles. The van der Waals surface area contributed by atoms with Gasteiger partial charge in [-0.1, -0.05) is 0 Å². The first-order valence-corrected chi connectivity index (χ1v) is 5.88. The quantitative estimate of drug-likeness (QED) is 0.708. The molecule has 0 N–H and O–H groups in total. The molecule has 1 aromatic rings. The van der Waals surface area contributed by atoms with Crippen LogP contribution < -0.4 is 0 Å².